The predicted molar refractivity (Wildman–Crippen MR) is 104 cm³/mol. The van der Waals surface area contributed by atoms with Crippen molar-refractivity contribution in [2.45, 2.75) is 13.0 Å². The van der Waals surface area contributed by atoms with Gasteiger partial charge in [-0.15, -0.1) is 0 Å². The van der Waals surface area contributed by atoms with Crippen molar-refractivity contribution in [1.82, 2.24) is 4.90 Å². The van der Waals surface area contributed by atoms with E-state index >= 15 is 0 Å². The van der Waals surface area contributed by atoms with Gasteiger partial charge in [0, 0.05) is 38.4 Å². The van der Waals surface area contributed by atoms with Gasteiger partial charge in [-0.3, -0.25) is 4.90 Å². The van der Waals surface area contributed by atoms with Crippen LogP contribution >= 0.6 is 0 Å². The van der Waals surface area contributed by atoms with Gasteiger partial charge < -0.3 is 19.5 Å². The van der Waals surface area contributed by atoms with E-state index in [4.69, 9.17) is 9.47 Å². The highest BCUT2D eigenvalue weighted by atomic mass is 16.5. The molecule has 2 aromatic carbocycles. The van der Waals surface area contributed by atoms with Gasteiger partial charge >= 0.3 is 0 Å². The average molecular weight is 356 g/mol. The minimum absolute atomic E-state index is 0.542. The number of nitrogens with zero attached hydrogens (tertiary/aromatic N) is 2. The van der Waals surface area contributed by atoms with Crippen LogP contribution in [-0.4, -0.2) is 56.9 Å². The van der Waals surface area contributed by atoms with Gasteiger partial charge in [0.1, 0.15) is 0 Å². The second-order valence-electron chi connectivity index (χ2n) is 6.70. The number of aryl methyl sites for hydroxylation is 1. The van der Waals surface area contributed by atoms with Crippen LogP contribution in [0.1, 0.15) is 17.2 Å². The first-order chi connectivity index (χ1) is 12.6. The maximum Gasteiger partial charge on any atom is 0.161 e. The van der Waals surface area contributed by atoms with Crippen LogP contribution < -0.4 is 14.4 Å². The molecule has 1 fully saturated rings. The average Bonchev–Trinajstić information content (AvgIpc) is 2.68. The summed E-state index contributed by atoms with van der Waals surface area (Å²) in [7, 11) is 3.22. The monoisotopic (exact) mass is 356 g/mol. The molecule has 0 saturated carbocycles. The van der Waals surface area contributed by atoms with E-state index in [0.717, 1.165) is 31.7 Å². The van der Waals surface area contributed by atoms with E-state index in [-0.39, 0.29) is 0 Å². The molecule has 0 bridgehead atoms. The van der Waals surface area contributed by atoms with Gasteiger partial charge in [0.25, 0.3) is 0 Å². The highest BCUT2D eigenvalue weighted by Crippen LogP contribution is 2.30. The number of ether oxygens (including phenoxy) is 2. The molecule has 1 aliphatic rings. The Bertz CT molecular complexity index is 727. The fourth-order valence-electron chi connectivity index (χ4n) is 3.50. The fraction of sp³-hybridized carbons (Fsp3) is 0.429. The lowest BCUT2D eigenvalue weighted by atomic mass is 10.1. The Kier molecular flexibility index (Phi) is 6.01. The molecular formula is C21H28N2O3. The van der Waals surface area contributed by atoms with Gasteiger partial charge in [-0.2, -0.15) is 0 Å². The van der Waals surface area contributed by atoms with Crippen molar-refractivity contribution >= 4 is 5.69 Å². The SMILES string of the molecule is COc1ccc([C@@H](O)CN2CCN(c3ccccc3C)CC2)cc1OC. The van der Waals surface area contributed by atoms with Crippen LogP contribution in [0.4, 0.5) is 5.69 Å². The van der Waals surface area contributed by atoms with Crippen molar-refractivity contribution < 1.29 is 14.6 Å². The van der Waals surface area contributed by atoms with Crippen molar-refractivity contribution in [1.29, 1.82) is 0 Å². The van der Waals surface area contributed by atoms with Crippen LogP contribution in [0, 0.1) is 6.92 Å². The number of rotatable bonds is 6. The highest BCUT2D eigenvalue weighted by Gasteiger charge is 2.21. The fourth-order valence-corrected chi connectivity index (χ4v) is 3.50. The van der Waals surface area contributed by atoms with E-state index in [0.29, 0.717) is 18.0 Å². The molecule has 5 nitrogen and oxygen atoms in total. The summed E-state index contributed by atoms with van der Waals surface area (Å²) in [6.07, 6.45) is -0.542. The molecule has 1 saturated heterocycles. The number of hydrogen-bond donors (Lipinski definition) is 1. The van der Waals surface area contributed by atoms with Gasteiger partial charge in [0.05, 0.1) is 20.3 Å². The number of methoxy groups -OCH3 is 2. The largest absolute Gasteiger partial charge is 0.493 e. The minimum Gasteiger partial charge on any atom is -0.493 e. The Balaban J connectivity index is 1.58. The molecule has 0 aliphatic carbocycles. The number of benzene rings is 2. The molecule has 0 spiro atoms. The first-order valence-electron chi connectivity index (χ1n) is 9.05. The van der Waals surface area contributed by atoms with Crippen LogP contribution in [0.15, 0.2) is 42.5 Å². The smallest absolute Gasteiger partial charge is 0.161 e. The number of aliphatic hydroxyl groups is 1. The summed E-state index contributed by atoms with van der Waals surface area (Å²) >= 11 is 0. The topological polar surface area (TPSA) is 45.2 Å². The van der Waals surface area contributed by atoms with Gasteiger partial charge in [-0.1, -0.05) is 24.3 Å². The summed E-state index contributed by atoms with van der Waals surface area (Å²) in [6.45, 7) is 6.62. The lowest BCUT2D eigenvalue weighted by molar-refractivity contribution is 0.109. The lowest BCUT2D eigenvalue weighted by Crippen LogP contribution is -2.47. The van der Waals surface area contributed by atoms with Crippen LogP contribution in [0.25, 0.3) is 0 Å². The minimum atomic E-state index is -0.542. The zero-order valence-electron chi connectivity index (χ0n) is 15.8. The lowest BCUT2D eigenvalue weighted by Gasteiger charge is -2.37. The first-order valence-corrected chi connectivity index (χ1v) is 9.05. The second kappa shape index (κ2) is 8.43. The zero-order chi connectivity index (χ0) is 18.5. The highest BCUT2D eigenvalue weighted by molar-refractivity contribution is 5.53. The number of hydrogen-bond acceptors (Lipinski definition) is 5. The molecule has 2 aromatic rings. The Morgan fingerprint density at radius 3 is 2.31 bits per heavy atom. The van der Waals surface area contributed by atoms with Crippen LogP contribution in [0.3, 0.4) is 0 Å². The second-order valence-corrected chi connectivity index (χ2v) is 6.70. The molecule has 0 radical (unpaired) electrons. The van der Waals surface area contributed by atoms with Crippen molar-refractivity contribution in [2.75, 3.05) is 51.8 Å². The molecule has 1 aliphatic heterocycles. The number of aliphatic hydroxyl groups excluding tert-OH is 1. The third kappa shape index (κ3) is 4.11. The number of β-amino-alcohol motifs (C(OH)–C–C–N with tert-alkyl or cyclic N) is 1. The van der Waals surface area contributed by atoms with Gasteiger partial charge in [-0.25, -0.2) is 0 Å². The van der Waals surface area contributed by atoms with Gasteiger partial charge in [0.2, 0.25) is 0 Å². The number of para-hydroxylation sites is 1. The van der Waals surface area contributed by atoms with E-state index in [2.05, 4.69) is 41.0 Å². The zero-order valence-corrected chi connectivity index (χ0v) is 15.8. The molecule has 3 rings (SSSR count). The molecule has 26 heavy (non-hydrogen) atoms. The van der Waals surface area contributed by atoms with Crippen molar-refractivity contribution in [3.8, 4) is 11.5 Å². The standard InChI is InChI=1S/C21H28N2O3/c1-16-6-4-5-7-18(16)23-12-10-22(11-13-23)15-19(24)17-8-9-20(25-2)21(14-17)26-3/h4-9,14,19,24H,10-13,15H2,1-3H3/t19-/m0/s1. The first kappa shape index (κ1) is 18.5. The van der Waals surface area contributed by atoms with Crippen molar-refractivity contribution in [2.24, 2.45) is 0 Å². The van der Waals surface area contributed by atoms with E-state index in [1.165, 1.54) is 11.3 Å². The maximum atomic E-state index is 10.6. The summed E-state index contributed by atoms with van der Waals surface area (Å²) in [5.41, 5.74) is 3.47. The molecule has 0 aromatic heterocycles. The molecule has 1 atom stereocenters. The molecule has 5 heteroatoms. The van der Waals surface area contributed by atoms with Gasteiger partial charge in [-0.05, 0) is 36.2 Å². The van der Waals surface area contributed by atoms with E-state index in [1.54, 1.807) is 14.2 Å². The molecule has 1 heterocycles. The van der Waals surface area contributed by atoms with Crippen LogP contribution in [-0.2, 0) is 0 Å². The van der Waals surface area contributed by atoms with Crippen LogP contribution in [0.2, 0.25) is 0 Å². The molecule has 140 valence electrons. The quantitative estimate of drug-likeness (QED) is 0.862. The summed E-state index contributed by atoms with van der Waals surface area (Å²) in [5.74, 6) is 1.32. The maximum absolute atomic E-state index is 10.6. The van der Waals surface area contributed by atoms with Crippen LogP contribution in [0.5, 0.6) is 11.5 Å². The Morgan fingerprint density at radius 2 is 1.65 bits per heavy atom. The third-order valence-corrected chi connectivity index (χ3v) is 5.05. The summed E-state index contributed by atoms with van der Waals surface area (Å²) in [5, 5.41) is 10.6. The van der Waals surface area contributed by atoms with Crippen molar-refractivity contribution in [3.05, 3.63) is 53.6 Å². The molecule has 0 unspecified atom stereocenters. The third-order valence-electron chi connectivity index (χ3n) is 5.05. The molecule has 0 amide bonds. The number of anilines is 1. The van der Waals surface area contributed by atoms with E-state index in [9.17, 15) is 5.11 Å². The number of piperazine rings is 1. The Labute approximate surface area is 155 Å². The van der Waals surface area contributed by atoms with Crippen molar-refractivity contribution in [3.63, 3.8) is 0 Å². The van der Waals surface area contributed by atoms with Gasteiger partial charge in [0.15, 0.2) is 11.5 Å². The van der Waals surface area contributed by atoms with E-state index < -0.39 is 6.10 Å². The summed E-state index contributed by atoms with van der Waals surface area (Å²) < 4.78 is 10.6. The Hall–Kier alpha value is -2.24. The van der Waals surface area contributed by atoms with E-state index in [1.807, 2.05) is 18.2 Å². The molecule has 1 N–H and O–H groups in total. The normalized spacial score (nSPS) is 16.4. The summed E-state index contributed by atoms with van der Waals surface area (Å²) in [4.78, 5) is 4.74. The predicted octanol–water partition coefficient (Wildman–Crippen LogP) is 2.87. The molecular weight excluding hydrogens is 328 g/mol. The Morgan fingerprint density at radius 1 is 0.962 bits per heavy atom. The summed E-state index contributed by atoms with van der Waals surface area (Å²) in [6, 6.07) is 14.1.